The van der Waals surface area contributed by atoms with Crippen LogP contribution in [-0.4, -0.2) is 17.2 Å². The zero-order chi connectivity index (χ0) is 12.3. The number of aromatic nitrogens is 1. The molecule has 0 atom stereocenters. The van der Waals surface area contributed by atoms with Crippen molar-refractivity contribution in [1.82, 2.24) is 4.98 Å². The molecule has 0 amide bonds. The first kappa shape index (κ1) is 11.4. The van der Waals surface area contributed by atoms with Gasteiger partial charge in [0.15, 0.2) is 0 Å². The van der Waals surface area contributed by atoms with E-state index in [1.54, 1.807) is 36.4 Å². The molecule has 0 N–H and O–H groups in total. The highest BCUT2D eigenvalue weighted by Gasteiger charge is 2.22. The molecule has 2 nitrogen and oxygen atoms in total. The molecule has 0 radical (unpaired) electrons. The van der Waals surface area contributed by atoms with E-state index in [0.717, 1.165) is 0 Å². The summed E-state index contributed by atoms with van der Waals surface area (Å²) in [6.07, 6.45) is -1.70. The van der Waals surface area contributed by atoms with Crippen molar-refractivity contribution in [1.29, 1.82) is 0 Å². The zero-order valence-corrected chi connectivity index (χ0v) is 8.81. The van der Waals surface area contributed by atoms with Gasteiger partial charge in [-0.25, -0.2) is 8.78 Å². The van der Waals surface area contributed by atoms with Crippen molar-refractivity contribution < 1.29 is 13.6 Å². The number of benzene rings is 1. The molecule has 1 heterocycles. The number of hydrogen-bond acceptors (Lipinski definition) is 2. The Morgan fingerprint density at radius 3 is 2.41 bits per heavy atom. The van der Waals surface area contributed by atoms with Crippen molar-refractivity contribution in [3.05, 3.63) is 54.4 Å². The fourth-order valence-electron chi connectivity index (χ4n) is 1.56. The second-order valence-corrected chi connectivity index (χ2v) is 3.43. The third-order valence-electron chi connectivity index (χ3n) is 2.32. The Morgan fingerprint density at radius 1 is 1.06 bits per heavy atom. The fraction of sp³-hybridized carbons (Fsp3) is 0.0769. The summed E-state index contributed by atoms with van der Waals surface area (Å²) in [5.74, 6) is -1.25. The predicted octanol–water partition coefficient (Wildman–Crippen LogP) is 3.20. The fourth-order valence-corrected chi connectivity index (χ4v) is 1.56. The van der Waals surface area contributed by atoms with Crippen molar-refractivity contribution in [2.75, 3.05) is 0 Å². The topological polar surface area (TPSA) is 30.0 Å². The van der Waals surface area contributed by atoms with Gasteiger partial charge in [-0.2, -0.15) is 0 Å². The Morgan fingerprint density at radius 2 is 1.76 bits per heavy atom. The lowest BCUT2D eigenvalue weighted by Crippen LogP contribution is -2.13. The van der Waals surface area contributed by atoms with Crippen LogP contribution < -0.4 is 0 Å². The highest BCUT2D eigenvalue weighted by molar-refractivity contribution is 6.02. The number of rotatable bonds is 3. The van der Waals surface area contributed by atoms with E-state index in [-0.39, 0.29) is 5.69 Å². The van der Waals surface area contributed by atoms with E-state index in [0.29, 0.717) is 11.1 Å². The molecule has 17 heavy (non-hydrogen) atoms. The van der Waals surface area contributed by atoms with E-state index in [4.69, 9.17) is 0 Å². The Labute approximate surface area is 96.9 Å². The molecule has 1 aromatic carbocycles. The van der Waals surface area contributed by atoms with E-state index in [1.165, 1.54) is 6.20 Å². The van der Waals surface area contributed by atoms with Gasteiger partial charge >= 0.3 is 6.43 Å². The molecule has 2 rings (SSSR count). The molecule has 0 aliphatic rings. The summed E-state index contributed by atoms with van der Waals surface area (Å²) in [5, 5.41) is 0. The Balaban J connectivity index is 2.52. The number of nitrogens with zero attached hydrogens (tertiary/aromatic N) is 1. The number of carbonyl (C=O) groups is 1. The molecule has 2 aromatic rings. The molecule has 1 aromatic heterocycles. The van der Waals surface area contributed by atoms with Crippen LogP contribution in [0.5, 0.6) is 0 Å². The van der Waals surface area contributed by atoms with E-state index < -0.39 is 12.2 Å². The van der Waals surface area contributed by atoms with Crippen molar-refractivity contribution in [3.8, 4) is 11.1 Å². The van der Waals surface area contributed by atoms with E-state index >= 15 is 0 Å². The molecule has 86 valence electrons. The summed E-state index contributed by atoms with van der Waals surface area (Å²) in [7, 11) is 0. The maximum Gasteiger partial charge on any atom is 0.302 e. The van der Waals surface area contributed by atoms with Crippen LogP contribution in [-0.2, 0) is 0 Å². The van der Waals surface area contributed by atoms with Crippen LogP contribution in [0.25, 0.3) is 11.1 Å². The molecule has 0 fully saturated rings. The third kappa shape index (κ3) is 2.36. The van der Waals surface area contributed by atoms with Gasteiger partial charge in [0.05, 0.1) is 0 Å². The first-order valence-electron chi connectivity index (χ1n) is 5.03. The Hall–Kier alpha value is -2.10. The molecular formula is C13H9F2NO. The van der Waals surface area contributed by atoms with Gasteiger partial charge in [-0.3, -0.25) is 9.78 Å². The first-order valence-corrected chi connectivity index (χ1v) is 5.03. The molecule has 0 bridgehead atoms. The number of Topliss-reactive ketones (excluding diaryl/α,β-unsaturated/α-hetero) is 1. The number of ketones is 1. The molecule has 0 saturated carbocycles. The monoisotopic (exact) mass is 233 g/mol. The Kier molecular flexibility index (Phi) is 3.23. The number of pyridine rings is 1. The van der Waals surface area contributed by atoms with Gasteiger partial charge in [0.25, 0.3) is 0 Å². The predicted molar refractivity (Wildman–Crippen MR) is 60.0 cm³/mol. The van der Waals surface area contributed by atoms with Gasteiger partial charge in [0.2, 0.25) is 5.78 Å². The lowest BCUT2D eigenvalue weighted by Gasteiger charge is -2.06. The van der Waals surface area contributed by atoms with Crippen LogP contribution >= 0.6 is 0 Å². The van der Waals surface area contributed by atoms with Crippen LogP contribution in [0.1, 0.15) is 10.5 Å². The number of halogens is 2. The summed E-state index contributed by atoms with van der Waals surface area (Å²) in [6.45, 7) is 0. The van der Waals surface area contributed by atoms with Crippen molar-refractivity contribution in [2.45, 2.75) is 6.43 Å². The highest BCUT2D eigenvalue weighted by atomic mass is 19.3. The molecule has 0 spiro atoms. The maximum absolute atomic E-state index is 12.4. The maximum atomic E-state index is 12.4. The quantitative estimate of drug-likeness (QED) is 0.762. The summed E-state index contributed by atoms with van der Waals surface area (Å²) in [6, 6.07) is 12.1. The highest BCUT2D eigenvalue weighted by Crippen LogP contribution is 2.23. The second-order valence-electron chi connectivity index (χ2n) is 3.43. The summed E-state index contributed by atoms with van der Waals surface area (Å²) < 4.78 is 24.8. The van der Waals surface area contributed by atoms with Gasteiger partial charge in [-0.15, -0.1) is 0 Å². The van der Waals surface area contributed by atoms with Gasteiger partial charge in [0, 0.05) is 11.8 Å². The van der Waals surface area contributed by atoms with Crippen molar-refractivity contribution >= 4 is 5.78 Å². The minimum Gasteiger partial charge on any atom is -0.286 e. The minimum absolute atomic E-state index is 0.186. The zero-order valence-electron chi connectivity index (χ0n) is 8.81. The summed E-state index contributed by atoms with van der Waals surface area (Å²) in [5.41, 5.74) is 0.941. The van der Waals surface area contributed by atoms with Gasteiger partial charge in [-0.1, -0.05) is 36.4 Å². The molecule has 0 unspecified atom stereocenters. The lowest BCUT2D eigenvalue weighted by atomic mass is 10.0. The molecule has 0 aliphatic heterocycles. The van der Waals surface area contributed by atoms with Gasteiger partial charge in [0.1, 0.15) is 5.69 Å². The first-order chi connectivity index (χ1) is 8.20. The van der Waals surface area contributed by atoms with Gasteiger partial charge < -0.3 is 0 Å². The largest absolute Gasteiger partial charge is 0.302 e. The smallest absolute Gasteiger partial charge is 0.286 e. The van der Waals surface area contributed by atoms with E-state index in [2.05, 4.69) is 4.98 Å². The average Bonchev–Trinajstić information content (AvgIpc) is 2.39. The van der Waals surface area contributed by atoms with Crippen LogP contribution in [0.4, 0.5) is 8.78 Å². The molecule has 0 saturated heterocycles. The van der Waals surface area contributed by atoms with Crippen LogP contribution in [0.3, 0.4) is 0 Å². The average molecular weight is 233 g/mol. The molecule has 0 aliphatic carbocycles. The van der Waals surface area contributed by atoms with Crippen LogP contribution in [0.2, 0.25) is 0 Å². The normalized spacial score (nSPS) is 10.5. The van der Waals surface area contributed by atoms with Crippen molar-refractivity contribution in [2.24, 2.45) is 0 Å². The number of carbonyl (C=O) groups excluding carboxylic acids is 1. The third-order valence-corrected chi connectivity index (χ3v) is 2.32. The Bertz CT molecular complexity index is 526. The second kappa shape index (κ2) is 4.82. The van der Waals surface area contributed by atoms with Gasteiger partial charge in [-0.05, 0) is 11.6 Å². The van der Waals surface area contributed by atoms with E-state index in [9.17, 15) is 13.6 Å². The standard InChI is InChI=1S/C13H9F2NO/c14-13(15)12(17)11-10(7-4-8-16-11)9-5-2-1-3-6-9/h1-8,13H. The van der Waals surface area contributed by atoms with Crippen molar-refractivity contribution in [3.63, 3.8) is 0 Å². The van der Waals surface area contributed by atoms with Crippen LogP contribution in [0, 0.1) is 0 Å². The summed E-state index contributed by atoms with van der Waals surface area (Å²) in [4.78, 5) is 15.1. The molecular weight excluding hydrogens is 224 g/mol. The SMILES string of the molecule is O=C(c1ncccc1-c1ccccc1)C(F)F. The number of hydrogen-bond donors (Lipinski definition) is 0. The van der Waals surface area contributed by atoms with Crippen LogP contribution in [0.15, 0.2) is 48.7 Å². The minimum atomic E-state index is -3.03. The van der Waals surface area contributed by atoms with E-state index in [1.807, 2.05) is 6.07 Å². The lowest BCUT2D eigenvalue weighted by molar-refractivity contribution is 0.0674. The summed E-state index contributed by atoms with van der Waals surface area (Å²) >= 11 is 0. The number of alkyl halides is 2. The molecule has 4 heteroatoms.